The average Bonchev–Trinajstić information content (AvgIpc) is 2.68. The molecule has 16 heavy (non-hydrogen) atoms. The fourth-order valence-corrected chi connectivity index (χ4v) is 2.13. The molecule has 1 aliphatic heterocycles. The van der Waals surface area contributed by atoms with Crippen molar-refractivity contribution in [2.75, 3.05) is 5.88 Å². The first-order chi connectivity index (χ1) is 7.79. The smallest absolute Gasteiger partial charge is 0.407 e. The molecule has 1 aromatic carbocycles. The number of amides is 1. The van der Waals surface area contributed by atoms with Crippen molar-refractivity contribution < 1.29 is 9.53 Å². The van der Waals surface area contributed by atoms with E-state index >= 15 is 0 Å². The molecule has 1 aromatic rings. The second kappa shape index (κ2) is 5.21. The first-order valence-electron chi connectivity index (χ1n) is 5.36. The number of benzene rings is 1. The molecule has 1 N–H and O–H groups in total. The van der Waals surface area contributed by atoms with Crippen LogP contribution in [0.15, 0.2) is 30.3 Å². The predicted molar refractivity (Wildman–Crippen MR) is 62.7 cm³/mol. The van der Waals surface area contributed by atoms with E-state index in [1.54, 1.807) is 0 Å². The lowest BCUT2D eigenvalue weighted by atomic mass is 10.0. The van der Waals surface area contributed by atoms with Gasteiger partial charge in [0.1, 0.15) is 6.10 Å². The fourth-order valence-electron chi connectivity index (χ4n) is 1.85. The zero-order chi connectivity index (χ0) is 11.4. The summed E-state index contributed by atoms with van der Waals surface area (Å²) in [6, 6.07) is 10.1. The quantitative estimate of drug-likeness (QED) is 0.819. The Bertz CT molecular complexity index is 355. The molecule has 4 heteroatoms. The van der Waals surface area contributed by atoms with Crippen LogP contribution < -0.4 is 5.32 Å². The van der Waals surface area contributed by atoms with Crippen molar-refractivity contribution in [1.82, 2.24) is 5.32 Å². The number of ether oxygens (including phenoxy) is 1. The Labute approximate surface area is 99.7 Å². The Morgan fingerprint density at radius 3 is 2.75 bits per heavy atom. The van der Waals surface area contributed by atoms with Crippen LogP contribution in [0.4, 0.5) is 4.79 Å². The lowest BCUT2D eigenvalue weighted by Crippen LogP contribution is -2.33. The molecule has 1 saturated heterocycles. The molecular weight excluding hydrogens is 226 g/mol. The summed E-state index contributed by atoms with van der Waals surface area (Å²) in [6.07, 6.45) is 1.24. The molecule has 0 spiro atoms. The largest absolute Gasteiger partial charge is 0.444 e. The Hall–Kier alpha value is -1.22. The van der Waals surface area contributed by atoms with Crippen molar-refractivity contribution in [3.8, 4) is 0 Å². The molecule has 2 atom stereocenters. The van der Waals surface area contributed by atoms with E-state index in [9.17, 15) is 4.79 Å². The molecule has 0 aromatic heterocycles. The Morgan fingerprint density at radius 1 is 1.31 bits per heavy atom. The van der Waals surface area contributed by atoms with Gasteiger partial charge in [-0.1, -0.05) is 30.3 Å². The summed E-state index contributed by atoms with van der Waals surface area (Å²) in [7, 11) is 0. The Morgan fingerprint density at radius 2 is 2.06 bits per heavy atom. The van der Waals surface area contributed by atoms with Gasteiger partial charge in [-0.2, -0.15) is 0 Å². The van der Waals surface area contributed by atoms with Gasteiger partial charge in [0.25, 0.3) is 0 Å². The van der Waals surface area contributed by atoms with Crippen molar-refractivity contribution in [1.29, 1.82) is 0 Å². The number of carbonyl (C=O) groups excluding carboxylic acids is 1. The second-order valence-corrected chi connectivity index (χ2v) is 4.18. The number of halogens is 1. The number of carbonyl (C=O) groups is 1. The van der Waals surface area contributed by atoms with Crippen molar-refractivity contribution in [3.05, 3.63) is 35.9 Å². The first kappa shape index (κ1) is 11.3. The van der Waals surface area contributed by atoms with Gasteiger partial charge in [0.15, 0.2) is 0 Å². The highest BCUT2D eigenvalue weighted by atomic mass is 35.5. The maximum atomic E-state index is 11.0. The molecule has 1 amide bonds. The van der Waals surface area contributed by atoms with Crippen molar-refractivity contribution in [2.24, 2.45) is 0 Å². The first-order valence-corrected chi connectivity index (χ1v) is 5.90. The highest BCUT2D eigenvalue weighted by Gasteiger charge is 2.32. The molecule has 0 unspecified atom stereocenters. The molecule has 3 nitrogen and oxygen atoms in total. The minimum atomic E-state index is -0.358. The fraction of sp³-hybridized carbons (Fsp3) is 0.417. The van der Waals surface area contributed by atoms with E-state index in [2.05, 4.69) is 17.4 Å². The summed E-state index contributed by atoms with van der Waals surface area (Å²) in [4.78, 5) is 11.0. The Balaban J connectivity index is 1.88. The van der Waals surface area contributed by atoms with Crippen LogP contribution >= 0.6 is 11.6 Å². The number of aryl methyl sites for hydroxylation is 1. The van der Waals surface area contributed by atoms with Gasteiger partial charge in [-0.15, -0.1) is 11.6 Å². The number of hydrogen-bond acceptors (Lipinski definition) is 2. The van der Waals surface area contributed by atoms with E-state index in [0.29, 0.717) is 5.88 Å². The number of nitrogens with one attached hydrogen (secondary N) is 1. The summed E-state index contributed by atoms with van der Waals surface area (Å²) in [5, 5.41) is 2.70. The normalized spacial score (nSPS) is 23.9. The van der Waals surface area contributed by atoms with Crippen LogP contribution in [0.2, 0.25) is 0 Å². The number of hydrogen-bond donors (Lipinski definition) is 1. The Kier molecular flexibility index (Phi) is 3.67. The van der Waals surface area contributed by atoms with Crippen molar-refractivity contribution in [3.63, 3.8) is 0 Å². The summed E-state index contributed by atoms with van der Waals surface area (Å²) in [5.74, 6) is 0.394. The number of cyclic esters (lactones) is 1. The van der Waals surface area contributed by atoms with Crippen LogP contribution in [-0.2, 0) is 11.2 Å². The van der Waals surface area contributed by atoms with Crippen LogP contribution in [0, 0.1) is 0 Å². The van der Waals surface area contributed by atoms with Crippen LogP contribution in [0.25, 0.3) is 0 Å². The van der Waals surface area contributed by atoms with E-state index < -0.39 is 0 Å². The predicted octanol–water partition coefficient (Wildman–Crippen LogP) is 2.33. The van der Waals surface area contributed by atoms with E-state index in [0.717, 1.165) is 12.8 Å². The monoisotopic (exact) mass is 239 g/mol. The molecular formula is C12H14ClNO2. The summed E-state index contributed by atoms with van der Waals surface area (Å²) in [5.41, 5.74) is 1.25. The average molecular weight is 240 g/mol. The van der Waals surface area contributed by atoms with Crippen LogP contribution in [0.1, 0.15) is 12.0 Å². The maximum Gasteiger partial charge on any atom is 0.407 e. The van der Waals surface area contributed by atoms with Crippen LogP contribution in [0.3, 0.4) is 0 Å². The minimum absolute atomic E-state index is 0.0575. The highest BCUT2D eigenvalue weighted by molar-refractivity contribution is 6.18. The maximum absolute atomic E-state index is 11.0. The molecule has 0 radical (unpaired) electrons. The molecule has 0 saturated carbocycles. The van der Waals surface area contributed by atoms with Gasteiger partial charge in [-0.25, -0.2) is 4.79 Å². The van der Waals surface area contributed by atoms with Gasteiger partial charge in [-0.05, 0) is 18.4 Å². The second-order valence-electron chi connectivity index (χ2n) is 3.87. The molecule has 2 rings (SSSR count). The number of rotatable bonds is 4. The van der Waals surface area contributed by atoms with E-state index in [-0.39, 0.29) is 18.2 Å². The summed E-state index contributed by atoms with van der Waals surface area (Å²) in [6.45, 7) is 0. The molecule has 1 fully saturated rings. The SMILES string of the molecule is O=C1N[C@@H](CCl)[C@@H](CCc2ccccc2)O1. The standard InChI is InChI=1S/C12H14ClNO2/c13-8-10-11(16-12(15)14-10)7-6-9-4-2-1-3-5-9/h1-5,10-11H,6-8H2,(H,14,15)/t10-,11+/m0/s1. The zero-order valence-electron chi connectivity index (χ0n) is 8.86. The molecule has 0 aliphatic carbocycles. The minimum Gasteiger partial charge on any atom is -0.444 e. The third-order valence-corrected chi connectivity index (χ3v) is 3.07. The highest BCUT2D eigenvalue weighted by Crippen LogP contribution is 2.16. The van der Waals surface area contributed by atoms with Gasteiger partial charge in [0, 0.05) is 5.88 Å². The van der Waals surface area contributed by atoms with Crippen molar-refractivity contribution in [2.45, 2.75) is 25.0 Å². The van der Waals surface area contributed by atoms with Crippen molar-refractivity contribution >= 4 is 17.7 Å². The van der Waals surface area contributed by atoms with Gasteiger partial charge in [0.05, 0.1) is 6.04 Å². The molecule has 1 heterocycles. The van der Waals surface area contributed by atoms with Gasteiger partial charge in [0.2, 0.25) is 0 Å². The third kappa shape index (κ3) is 2.67. The number of alkyl carbamates (subject to hydrolysis) is 1. The molecule has 86 valence electrons. The lowest BCUT2D eigenvalue weighted by molar-refractivity contribution is 0.128. The summed E-state index contributed by atoms with van der Waals surface area (Å²) >= 11 is 5.75. The summed E-state index contributed by atoms with van der Waals surface area (Å²) < 4.78 is 5.15. The van der Waals surface area contributed by atoms with Gasteiger partial charge >= 0.3 is 6.09 Å². The van der Waals surface area contributed by atoms with E-state index in [4.69, 9.17) is 16.3 Å². The van der Waals surface area contributed by atoms with Crippen LogP contribution in [0.5, 0.6) is 0 Å². The third-order valence-electron chi connectivity index (χ3n) is 2.74. The van der Waals surface area contributed by atoms with Gasteiger partial charge in [-0.3, -0.25) is 0 Å². The number of alkyl halides is 1. The lowest BCUT2D eigenvalue weighted by Gasteiger charge is -2.13. The zero-order valence-corrected chi connectivity index (χ0v) is 9.61. The molecule has 0 bridgehead atoms. The topological polar surface area (TPSA) is 38.3 Å². The molecule has 1 aliphatic rings. The van der Waals surface area contributed by atoms with Crippen LogP contribution in [-0.4, -0.2) is 24.1 Å². The van der Waals surface area contributed by atoms with E-state index in [1.165, 1.54) is 5.56 Å². The van der Waals surface area contributed by atoms with Gasteiger partial charge < -0.3 is 10.1 Å². The van der Waals surface area contributed by atoms with E-state index in [1.807, 2.05) is 18.2 Å².